The van der Waals surface area contributed by atoms with Gasteiger partial charge in [-0.05, 0) is 39.3 Å². The van der Waals surface area contributed by atoms with Gasteiger partial charge >= 0.3 is 6.09 Å². The number of rotatable bonds is 1. The third-order valence-electron chi connectivity index (χ3n) is 4.37. The van der Waals surface area contributed by atoms with Gasteiger partial charge in [-0.2, -0.15) is 0 Å². The maximum Gasteiger partial charge on any atom is 0.410 e. The number of ether oxygens (including phenoxy) is 1. The van der Waals surface area contributed by atoms with Gasteiger partial charge in [0.25, 0.3) is 0 Å². The largest absolute Gasteiger partial charge is 0.444 e. The SMILES string of the molecule is Cc1cc(N2CC3CN(C(=O)OC(C)(C)C)CC3C2)nnc1Cl. The van der Waals surface area contributed by atoms with Gasteiger partial charge in [0.2, 0.25) is 0 Å². The van der Waals surface area contributed by atoms with E-state index in [-0.39, 0.29) is 6.09 Å². The van der Waals surface area contributed by atoms with Crippen LogP contribution < -0.4 is 4.90 Å². The zero-order valence-corrected chi connectivity index (χ0v) is 14.8. The number of likely N-dealkylation sites (tertiary alicyclic amines) is 1. The van der Waals surface area contributed by atoms with Crippen molar-refractivity contribution in [1.82, 2.24) is 15.1 Å². The van der Waals surface area contributed by atoms with Crippen molar-refractivity contribution in [2.75, 3.05) is 31.1 Å². The van der Waals surface area contributed by atoms with Gasteiger partial charge in [0, 0.05) is 38.0 Å². The summed E-state index contributed by atoms with van der Waals surface area (Å²) in [5.41, 5.74) is 0.487. The summed E-state index contributed by atoms with van der Waals surface area (Å²) in [5.74, 6) is 1.78. The van der Waals surface area contributed by atoms with Crippen LogP contribution in [0.4, 0.5) is 10.6 Å². The van der Waals surface area contributed by atoms with Crippen LogP contribution in [0.2, 0.25) is 5.15 Å². The molecule has 6 nitrogen and oxygen atoms in total. The molecule has 1 aromatic heterocycles. The van der Waals surface area contributed by atoms with Crippen LogP contribution in [0.1, 0.15) is 26.3 Å². The van der Waals surface area contributed by atoms with Crippen LogP contribution in [0.15, 0.2) is 6.07 Å². The fourth-order valence-corrected chi connectivity index (χ4v) is 3.36. The van der Waals surface area contributed by atoms with Crippen LogP contribution in [-0.2, 0) is 4.74 Å². The first-order valence-corrected chi connectivity index (χ1v) is 8.33. The number of amides is 1. The highest BCUT2D eigenvalue weighted by Gasteiger charge is 2.43. The molecule has 0 spiro atoms. The molecule has 3 heterocycles. The van der Waals surface area contributed by atoms with Crippen molar-refractivity contribution < 1.29 is 9.53 Å². The molecule has 23 heavy (non-hydrogen) atoms. The van der Waals surface area contributed by atoms with Crippen molar-refractivity contribution in [1.29, 1.82) is 0 Å². The second-order valence-corrected chi connectivity index (χ2v) is 7.84. The average Bonchev–Trinajstić information content (AvgIpc) is 2.98. The third kappa shape index (κ3) is 3.52. The fourth-order valence-electron chi connectivity index (χ4n) is 3.27. The Hall–Kier alpha value is -1.56. The van der Waals surface area contributed by atoms with E-state index in [2.05, 4.69) is 15.1 Å². The molecule has 0 radical (unpaired) electrons. The maximum atomic E-state index is 12.2. The number of hydrogen-bond acceptors (Lipinski definition) is 5. The number of carbonyl (C=O) groups is 1. The fraction of sp³-hybridized carbons (Fsp3) is 0.688. The van der Waals surface area contributed by atoms with Crippen LogP contribution in [-0.4, -0.2) is 53.0 Å². The van der Waals surface area contributed by atoms with Gasteiger partial charge in [-0.15, -0.1) is 10.2 Å². The predicted molar refractivity (Wildman–Crippen MR) is 88.8 cm³/mol. The summed E-state index contributed by atoms with van der Waals surface area (Å²) in [6.45, 7) is 10.9. The molecule has 2 atom stereocenters. The number of nitrogens with zero attached hydrogens (tertiary/aromatic N) is 4. The van der Waals surface area contributed by atoms with E-state index in [4.69, 9.17) is 16.3 Å². The van der Waals surface area contributed by atoms with Crippen molar-refractivity contribution >= 4 is 23.5 Å². The Morgan fingerprint density at radius 3 is 2.35 bits per heavy atom. The van der Waals surface area contributed by atoms with Gasteiger partial charge in [0.15, 0.2) is 11.0 Å². The summed E-state index contributed by atoms with van der Waals surface area (Å²) >= 11 is 5.94. The Morgan fingerprint density at radius 2 is 1.83 bits per heavy atom. The monoisotopic (exact) mass is 338 g/mol. The molecular formula is C16H23ClN4O2. The van der Waals surface area contributed by atoms with E-state index in [0.29, 0.717) is 17.0 Å². The third-order valence-corrected chi connectivity index (χ3v) is 4.75. The second kappa shape index (κ2) is 5.82. The van der Waals surface area contributed by atoms with Gasteiger partial charge in [-0.3, -0.25) is 0 Å². The van der Waals surface area contributed by atoms with Gasteiger partial charge < -0.3 is 14.5 Å². The molecule has 0 bridgehead atoms. The van der Waals surface area contributed by atoms with Crippen LogP contribution >= 0.6 is 11.6 Å². The first-order valence-electron chi connectivity index (χ1n) is 7.95. The topological polar surface area (TPSA) is 58.6 Å². The lowest BCUT2D eigenvalue weighted by atomic mass is 10.0. The van der Waals surface area contributed by atoms with E-state index in [9.17, 15) is 4.79 Å². The van der Waals surface area contributed by atoms with Crippen LogP contribution in [0.25, 0.3) is 0 Å². The maximum absolute atomic E-state index is 12.2. The predicted octanol–water partition coefficient (Wildman–Crippen LogP) is 2.74. The summed E-state index contributed by atoms with van der Waals surface area (Å²) in [7, 11) is 0. The highest BCUT2D eigenvalue weighted by atomic mass is 35.5. The highest BCUT2D eigenvalue weighted by molar-refractivity contribution is 6.30. The minimum absolute atomic E-state index is 0.208. The van der Waals surface area contributed by atoms with Crippen LogP contribution in [0, 0.1) is 18.8 Å². The number of anilines is 1. The molecular weight excluding hydrogens is 316 g/mol. The zero-order chi connectivity index (χ0) is 16.8. The quantitative estimate of drug-likeness (QED) is 0.788. The molecule has 1 aromatic rings. The van der Waals surface area contributed by atoms with E-state index in [0.717, 1.165) is 37.6 Å². The normalized spacial score (nSPS) is 24.0. The Balaban J connectivity index is 1.61. The van der Waals surface area contributed by atoms with Gasteiger partial charge in [0.1, 0.15) is 5.60 Å². The molecule has 0 aromatic carbocycles. The van der Waals surface area contributed by atoms with Crippen molar-refractivity contribution in [3.63, 3.8) is 0 Å². The minimum atomic E-state index is -0.447. The molecule has 2 saturated heterocycles. The Morgan fingerprint density at radius 1 is 1.22 bits per heavy atom. The summed E-state index contributed by atoms with van der Waals surface area (Å²) in [6.07, 6.45) is -0.208. The Labute approximate surface area is 141 Å². The zero-order valence-electron chi connectivity index (χ0n) is 14.0. The number of halogens is 1. The summed E-state index contributed by atoms with van der Waals surface area (Å²) in [5, 5.41) is 8.63. The molecule has 1 amide bonds. The van der Waals surface area contributed by atoms with Gasteiger partial charge in [0.05, 0.1) is 0 Å². The highest BCUT2D eigenvalue weighted by Crippen LogP contribution is 2.34. The number of aromatic nitrogens is 2. The van der Waals surface area contributed by atoms with Gasteiger partial charge in [-0.1, -0.05) is 11.6 Å². The first kappa shape index (κ1) is 16.3. The Kier molecular flexibility index (Phi) is 4.12. The van der Waals surface area contributed by atoms with Crippen LogP contribution in [0.5, 0.6) is 0 Å². The number of aryl methyl sites for hydroxylation is 1. The number of fused-ring (bicyclic) bond motifs is 1. The minimum Gasteiger partial charge on any atom is -0.444 e. The molecule has 2 aliphatic heterocycles. The standard InChI is InChI=1S/C16H23ClN4O2/c1-10-5-13(18-19-14(10)17)20-6-11-8-21(9-12(11)7-20)15(22)23-16(2,3)4/h5,11-12H,6-9H2,1-4H3. The molecule has 2 fully saturated rings. The first-order chi connectivity index (χ1) is 10.7. The lowest BCUT2D eigenvalue weighted by Crippen LogP contribution is -2.37. The summed E-state index contributed by atoms with van der Waals surface area (Å²) < 4.78 is 5.46. The van der Waals surface area contributed by atoms with Crippen molar-refractivity contribution in [2.45, 2.75) is 33.3 Å². The summed E-state index contributed by atoms with van der Waals surface area (Å²) in [6, 6.07) is 1.97. The van der Waals surface area contributed by atoms with Crippen LogP contribution in [0.3, 0.4) is 0 Å². The lowest BCUT2D eigenvalue weighted by Gasteiger charge is -2.26. The summed E-state index contributed by atoms with van der Waals surface area (Å²) in [4.78, 5) is 16.2. The second-order valence-electron chi connectivity index (χ2n) is 7.49. The molecule has 0 N–H and O–H groups in total. The molecule has 2 unspecified atom stereocenters. The van der Waals surface area contributed by atoms with Gasteiger partial charge in [-0.25, -0.2) is 4.79 Å². The van der Waals surface area contributed by atoms with E-state index >= 15 is 0 Å². The van der Waals surface area contributed by atoms with E-state index in [1.807, 2.05) is 38.7 Å². The molecule has 126 valence electrons. The van der Waals surface area contributed by atoms with E-state index in [1.54, 1.807) is 0 Å². The molecule has 0 aliphatic carbocycles. The van der Waals surface area contributed by atoms with E-state index in [1.165, 1.54) is 0 Å². The molecule has 0 saturated carbocycles. The van der Waals surface area contributed by atoms with Crippen molar-refractivity contribution in [3.05, 3.63) is 16.8 Å². The smallest absolute Gasteiger partial charge is 0.410 e. The van der Waals surface area contributed by atoms with Crippen molar-refractivity contribution in [2.24, 2.45) is 11.8 Å². The van der Waals surface area contributed by atoms with Crippen molar-refractivity contribution in [3.8, 4) is 0 Å². The number of carbonyl (C=O) groups excluding carboxylic acids is 1. The van der Waals surface area contributed by atoms with E-state index < -0.39 is 5.60 Å². The molecule has 2 aliphatic rings. The molecule has 7 heteroatoms. The lowest BCUT2D eigenvalue weighted by molar-refractivity contribution is 0.0282. The average molecular weight is 339 g/mol. The Bertz CT molecular complexity index is 603. The molecule has 3 rings (SSSR count). The number of hydrogen-bond donors (Lipinski definition) is 0.